The number of hydrogen-bond donors (Lipinski definition) is 1. The molecule has 22 heavy (non-hydrogen) atoms. The van der Waals surface area contributed by atoms with Crippen LogP contribution in [0.25, 0.3) is 0 Å². The van der Waals surface area contributed by atoms with Gasteiger partial charge in [0.25, 0.3) is 5.91 Å². The predicted octanol–water partition coefficient (Wildman–Crippen LogP) is 1.83. The van der Waals surface area contributed by atoms with Gasteiger partial charge in [-0.3, -0.25) is 4.79 Å². The minimum atomic E-state index is -0.280. The minimum absolute atomic E-state index is 0.266. The van der Waals surface area contributed by atoms with E-state index in [2.05, 4.69) is 5.32 Å². The second kappa shape index (κ2) is 6.80. The van der Waals surface area contributed by atoms with Gasteiger partial charge < -0.3 is 20.0 Å². The van der Waals surface area contributed by atoms with Crippen molar-refractivity contribution in [2.45, 2.75) is 13.0 Å². The van der Waals surface area contributed by atoms with Gasteiger partial charge in [0.05, 0.1) is 25.8 Å². The molecule has 116 valence electrons. The average molecular weight is 302 g/mol. The van der Waals surface area contributed by atoms with Gasteiger partial charge in [-0.25, -0.2) is 0 Å². The number of nitrogens with one attached hydrogen (secondary N) is 1. The van der Waals surface area contributed by atoms with Crippen molar-refractivity contribution in [1.29, 1.82) is 0 Å². The molecule has 0 bridgehead atoms. The number of methoxy groups -OCH3 is 2. The standard InChI is InChI=1S/C16H18N2O4/c1-11(14-10-13(21-2)4-5-15(14)22-3)17-16(19)12-6-8-18(20)9-7-12/h4-11H,1-3H3,(H,17,19)/t11-/m0/s1. The predicted molar refractivity (Wildman–Crippen MR) is 80.8 cm³/mol. The van der Waals surface area contributed by atoms with Gasteiger partial charge in [0.2, 0.25) is 0 Å². The van der Waals surface area contributed by atoms with Crippen molar-refractivity contribution >= 4 is 5.91 Å². The first-order valence-electron chi connectivity index (χ1n) is 6.76. The highest BCUT2D eigenvalue weighted by Gasteiger charge is 2.16. The third-order valence-corrected chi connectivity index (χ3v) is 3.32. The fourth-order valence-corrected chi connectivity index (χ4v) is 2.10. The zero-order chi connectivity index (χ0) is 16.1. The van der Waals surface area contributed by atoms with Gasteiger partial charge in [0, 0.05) is 17.7 Å². The number of ether oxygens (including phenoxy) is 2. The van der Waals surface area contributed by atoms with E-state index in [1.165, 1.54) is 24.5 Å². The van der Waals surface area contributed by atoms with Crippen LogP contribution in [-0.2, 0) is 0 Å². The molecule has 0 aliphatic rings. The van der Waals surface area contributed by atoms with Crippen LogP contribution >= 0.6 is 0 Å². The van der Waals surface area contributed by atoms with Crippen molar-refractivity contribution in [2.75, 3.05) is 14.2 Å². The minimum Gasteiger partial charge on any atom is -0.619 e. The Bertz CT molecular complexity index is 656. The van der Waals surface area contributed by atoms with Gasteiger partial charge >= 0.3 is 0 Å². The molecule has 6 heteroatoms. The topological polar surface area (TPSA) is 74.5 Å². The first-order chi connectivity index (χ1) is 10.5. The summed E-state index contributed by atoms with van der Waals surface area (Å²) in [5.41, 5.74) is 1.23. The molecule has 0 aliphatic heterocycles. The summed E-state index contributed by atoms with van der Waals surface area (Å²) in [6.45, 7) is 1.85. The molecular formula is C16H18N2O4. The van der Waals surface area contributed by atoms with Crippen LogP contribution in [0.3, 0.4) is 0 Å². The van der Waals surface area contributed by atoms with E-state index in [1.54, 1.807) is 26.4 Å². The fraction of sp³-hybridized carbons (Fsp3) is 0.250. The second-order valence-electron chi connectivity index (χ2n) is 4.75. The van der Waals surface area contributed by atoms with E-state index in [0.717, 1.165) is 5.56 Å². The quantitative estimate of drug-likeness (QED) is 0.675. The summed E-state index contributed by atoms with van der Waals surface area (Å²) in [6, 6.07) is 8.06. The van der Waals surface area contributed by atoms with E-state index in [1.807, 2.05) is 13.0 Å². The monoisotopic (exact) mass is 302 g/mol. The van der Waals surface area contributed by atoms with E-state index < -0.39 is 0 Å². The maximum absolute atomic E-state index is 12.2. The molecule has 6 nitrogen and oxygen atoms in total. The smallest absolute Gasteiger partial charge is 0.252 e. The number of aromatic nitrogens is 1. The number of pyridine rings is 1. The highest BCUT2D eigenvalue weighted by atomic mass is 16.5. The Morgan fingerprint density at radius 1 is 1.18 bits per heavy atom. The average Bonchev–Trinajstić information content (AvgIpc) is 2.54. The van der Waals surface area contributed by atoms with Gasteiger partial charge in [-0.15, -0.1) is 0 Å². The third-order valence-electron chi connectivity index (χ3n) is 3.32. The number of carbonyl (C=O) groups excluding carboxylic acids is 1. The molecule has 0 unspecified atom stereocenters. The SMILES string of the molecule is COc1ccc(OC)c([C@H](C)NC(=O)c2cc[n+]([O-])cc2)c1. The van der Waals surface area contributed by atoms with Crippen LogP contribution in [0.5, 0.6) is 11.5 Å². The Morgan fingerprint density at radius 3 is 2.45 bits per heavy atom. The molecule has 1 heterocycles. The molecule has 0 saturated carbocycles. The highest BCUT2D eigenvalue weighted by Crippen LogP contribution is 2.29. The normalized spacial score (nSPS) is 11.6. The first kappa shape index (κ1) is 15.6. The number of carbonyl (C=O) groups is 1. The van der Waals surface area contributed by atoms with Gasteiger partial charge in [-0.2, -0.15) is 4.73 Å². The Balaban J connectivity index is 2.19. The molecule has 1 aromatic carbocycles. The van der Waals surface area contributed by atoms with Gasteiger partial charge in [0.15, 0.2) is 12.4 Å². The molecule has 2 rings (SSSR count). The largest absolute Gasteiger partial charge is 0.619 e. The summed E-state index contributed by atoms with van der Waals surface area (Å²) in [5, 5.41) is 13.9. The molecule has 1 atom stereocenters. The van der Waals surface area contributed by atoms with Crippen LogP contribution in [0.1, 0.15) is 28.9 Å². The summed E-state index contributed by atoms with van der Waals surface area (Å²) in [7, 11) is 3.15. The Hall–Kier alpha value is -2.76. The number of nitrogens with zero attached hydrogens (tertiary/aromatic N) is 1. The number of amides is 1. The summed E-state index contributed by atoms with van der Waals surface area (Å²) < 4.78 is 11.1. The Labute approximate surface area is 128 Å². The lowest BCUT2D eigenvalue weighted by Gasteiger charge is -2.18. The van der Waals surface area contributed by atoms with Crippen molar-refractivity contribution in [3.05, 3.63) is 59.1 Å². The highest BCUT2D eigenvalue weighted by molar-refractivity contribution is 5.94. The van der Waals surface area contributed by atoms with E-state index in [4.69, 9.17) is 9.47 Å². The maximum atomic E-state index is 12.2. The zero-order valence-corrected chi connectivity index (χ0v) is 12.7. The summed E-state index contributed by atoms with van der Waals surface area (Å²) in [4.78, 5) is 12.2. The van der Waals surface area contributed by atoms with Crippen molar-refractivity contribution < 1.29 is 19.0 Å². The van der Waals surface area contributed by atoms with E-state index in [9.17, 15) is 10.0 Å². The second-order valence-corrected chi connectivity index (χ2v) is 4.75. The molecule has 1 aromatic heterocycles. The number of rotatable bonds is 5. The van der Waals surface area contributed by atoms with Crippen LogP contribution < -0.4 is 19.5 Å². The lowest BCUT2D eigenvalue weighted by Crippen LogP contribution is -2.29. The lowest BCUT2D eigenvalue weighted by atomic mass is 10.1. The third kappa shape index (κ3) is 3.46. The molecule has 0 fully saturated rings. The first-order valence-corrected chi connectivity index (χ1v) is 6.76. The van der Waals surface area contributed by atoms with Crippen LogP contribution in [0.2, 0.25) is 0 Å². The molecule has 0 saturated heterocycles. The Kier molecular flexibility index (Phi) is 4.83. The van der Waals surface area contributed by atoms with Crippen molar-refractivity contribution in [3.8, 4) is 11.5 Å². The maximum Gasteiger partial charge on any atom is 0.252 e. The Morgan fingerprint density at radius 2 is 1.86 bits per heavy atom. The van der Waals surface area contributed by atoms with E-state index in [-0.39, 0.29) is 11.9 Å². The summed E-state index contributed by atoms with van der Waals surface area (Å²) in [5.74, 6) is 1.08. The molecule has 0 spiro atoms. The molecule has 0 aliphatic carbocycles. The molecular weight excluding hydrogens is 284 g/mol. The zero-order valence-electron chi connectivity index (χ0n) is 12.7. The van der Waals surface area contributed by atoms with Crippen LogP contribution in [0, 0.1) is 5.21 Å². The van der Waals surface area contributed by atoms with Gasteiger partial charge in [-0.05, 0) is 25.1 Å². The summed E-state index contributed by atoms with van der Waals surface area (Å²) >= 11 is 0. The van der Waals surface area contributed by atoms with Crippen molar-refractivity contribution in [2.24, 2.45) is 0 Å². The van der Waals surface area contributed by atoms with Crippen LogP contribution in [-0.4, -0.2) is 20.1 Å². The van der Waals surface area contributed by atoms with Crippen LogP contribution in [0.4, 0.5) is 0 Å². The fourth-order valence-electron chi connectivity index (χ4n) is 2.10. The van der Waals surface area contributed by atoms with E-state index >= 15 is 0 Å². The van der Waals surface area contributed by atoms with Crippen molar-refractivity contribution in [3.63, 3.8) is 0 Å². The number of hydrogen-bond acceptors (Lipinski definition) is 4. The van der Waals surface area contributed by atoms with E-state index in [0.29, 0.717) is 21.8 Å². The summed E-state index contributed by atoms with van der Waals surface area (Å²) in [6.07, 6.45) is 2.57. The van der Waals surface area contributed by atoms with Gasteiger partial charge in [-0.1, -0.05) is 0 Å². The molecule has 2 aromatic rings. The van der Waals surface area contributed by atoms with Crippen molar-refractivity contribution in [1.82, 2.24) is 5.32 Å². The lowest BCUT2D eigenvalue weighted by molar-refractivity contribution is -0.605. The van der Waals surface area contributed by atoms with Crippen LogP contribution in [0.15, 0.2) is 42.7 Å². The molecule has 0 radical (unpaired) electrons. The number of benzene rings is 1. The molecule has 1 amide bonds. The molecule has 1 N–H and O–H groups in total. The van der Waals surface area contributed by atoms with Gasteiger partial charge in [0.1, 0.15) is 11.5 Å².